The number of benzene rings is 1. The lowest BCUT2D eigenvalue weighted by Crippen LogP contribution is -2.37. The van der Waals surface area contributed by atoms with Crippen molar-refractivity contribution in [2.75, 3.05) is 24.5 Å². The highest BCUT2D eigenvalue weighted by atomic mass is 32.1. The fourth-order valence-corrected chi connectivity index (χ4v) is 3.68. The van der Waals surface area contributed by atoms with E-state index in [4.69, 9.17) is 0 Å². The van der Waals surface area contributed by atoms with Crippen LogP contribution in [0.4, 0.5) is 5.13 Å². The van der Waals surface area contributed by atoms with Crippen molar-refractivity contribution >= 4 is 34.4 Å². The minimum absolute atomic E-state index is 0.0160. The van der Waals surface area contributed by atoms with E-state index in [1.54, 1.807) is 9.80 Å². The summed E-state index contributed by atoms with van der Waals surface area (Å²) >= 11 is 1.37. The number of aryl methyl sites for hydroxylation is 1. The van der Waals surface area contributed by atoms with Gasteiger partial charge in [-0.2, -0.15) is 0 Å². The fourth-order valence-electron chi connectivity index (χ4n) is 2.97. The van der Waals surface area contributed by atoms with E-state index in [9.17, 15) is 9.59 Å². The normalized spacial score (nSPS) is 17.2. The minimum Gasteiger partial charge on any atom is -0.339 e. The van der Waals surface area contributed by atoms with Gasteiger partial charge in [-0.05, 0) is 19.4 Å². The van der Waals surface area contributed by atoms with E-state index in [0.717, 1.165) is 10.6 Å². The summed E-state index contributed by atoms with van der Waals surface area (Å²) in [6, 6.07) is 9.98. The summed E-state index contributed by atoms with van der Waals surface area (Å²) in [5.74, 6) is -0.366. The predicted octanol–water partition coefficient (Wildman–Crippen LogP) is 2.76. The highest BCUT2D eigenvalue weighted by molar-refractivity contribution is 7.15. The van der Waals surface area contributed by atoms with Gasteiger partial charge in [-0.3, -0.25) is 14.5 Å². The second-order valence-corrected chi connectivity index (χ2v) is 7.36. The molecule has 1 fully saturated rings. The van der Waals surface area contributed by atoms with Crippen LogP contribution in [0.25, 0.3) is 6.08 Å². The molecule has 1 atom stereocenters. The Hall–Kier alpha value is -2.54. The molecule has 7 heteroatoms. The molecule has 1 aromatic heterocycles. The monoisotopic (exact) mass is 370 g/mol. The van der Waals surface area contributed by atoms with Crippen LogP contribution in [0.3, 0.4) is 0 Å². The third kappa shape index (κ3) is 4.16. The van der Waals surface area contributed by atoms with Gasteiger partial charge in [-0.15, -0.1) is 10.2 Å². The number of nitrogens with zero attached hydrogens (tertiary/aromatic N) is 4. The van der Waals surface area contributed by atoms with Crippen molar-refractivity contribution in [2.24, 2.45) is 5.92 Å². The molecule has 0 bridgehead atoms. The number of amides is 2. The van der Waals surface area contributed by atoms with Crippen molar-refractivity contribution in [3.8, 4) is 0 Å². The average Bonchev–Trinajstić information content (AvgIpc) is 3.24. The van der Waals surface area contributed by atoms with Gasteiger partial charge >= 0.3 is 0 Å². The average molecular weight is 370 g/mol. The van der Waals surface area contributed by atoms with Crippen LogP contribution in [0, 0.1) is 12.8 Å². The lowest BCUT2D eigenvalue weighted by atomic mass is 10.1. The standard InChI is InChI=1S/C19H22N4O2S/c1-3-22(11-7-10-15-8-5-4-6-9-15)18(25)16-12-17(24)23(13-16)19-21-20-14(2)26-19/h4-10,16H,3,11-13H2,1-2H3/b10-7+. The van der Waals surface area contributed by atoms with Gasteiger partial charge in [0.25, 0.3) is 0 Å². The summed E-state index contributed by atoms with van der Waals surface area (Å²) in [6.07, 6.45) is 4.22. The lowest BCUT2D eigenvalue weighted by molar-refractivity contribution is -0.135. The maximum absolute atomic E-state index is 12.8. The first-order chi connectivity index (χ1) is 12.6. The van der Waals surface area contributed by atoms with Crippen molar-refractivity contribution in [1.82, 2.24) is 15.1 Å². The van der Waals surface area contributed by atoms with Gasteiger partial charge in [0.05, 0.1) is 5.92 Å². The summed E-state index contributed by atoms with van der Waals surface area (Å²) in [5, 5.41) is 9.37. The molecule has 0 aliphatic carbocycles. The maximum Gasteiger partial charge on any atom is 0.229 e. The first-order valence-electron chi connectivity index (χ1n) is 8.69. The van der Waals surface area contributed by atoms with Crippen molar-refractivity contribution in [3.05, 3.63) is 47.0 Å². The molecule has 3 rings (SSSR count). The van der Waals surface area contributed by atoms with Crippen molar-refractivity contribution < 1.29 is 9.59 Å². The van der Waals surface area contributed by atoms with Gasteiger partial charge in [-0.1, -0.05) is 53.8 Å². The molecule has 6 nitrogen and oxygen atoms in total. The van der Waals surface area contributed by atoms with E-state index >= 15 is 0 Å². The van der Waals surface area contributed by atoms with Crippen LogP contribution >= 0.6 is 11.3 Å². The Morgan fingerprint density at radius 3 is 2.77 bits per heavy atom. The molecule has 136 valence electrons. The summed E-state index contributed by atoms with van der Waals surface area (Å²) < 4.78 is 0. The van der Waals surface area contributed by atoms with Crippen LogP contribution in [0.2, 0.25) is 0 Å². The topological polar surface area (TPSA) is 66.4 Å². The molecule has 0 N–H and O–H groups in total. The largest absolute Gasteiger partial charge is 0.339 e. The van der Waals surface area contributed by atoms with Crippen LogP contribution in [-0.2, 0) is 9.59 Å². The van der Waals surface area contributed by atoms with E-state index < -0.39 is 0 Å². The van der Waals surface area contributed by atoms with Gasteiger partial charge in [0.15, 0.2) is 0 Å². The summed E-state index contributed by atoms with van der Waals surface area (Å²) in [4.78, 5) is 28.5. The molecule has 2 aromatic rings. The number of rotatable bonds is 6. The molecule has 0 radical (unpaired) electrons. The highest BCUT2D eigenvalue weighted by Crippen LogP contribution is 2.28. The number of likely N-dealkylation sites (N-methyl/N-ethyl adjacent to an activating group) is 1. The second-order valence-electron chi connectivity index (χ2n) is 6.20. The van der Waals surface area contributed by atoms with E-state index in [0.29, 0.717) is 24.8 Å². The van der Waals surface area contributed by atoms with Gasteiger partial charge in [0.2, 0.25) is 16.9 Å². The molecule has 1 unspecified atom stereocenters. The predicted molar refractivity (Wildman–Crippen MR) is 103 cm³/mol. The zero-order valence-corrected chi connectivity index (χ0v) is 15.8. The Morgan fingerprint density at radius 1 is 1.35 bits per heavy atom. The Balaban J connectivity index is 1.61. The third-order valence-corrected chi connectivity index (χ3v) is 5.21. The number of anilines is 1. The molecular weight excluding hydrogens is 348 g/mol. The van der Waals surface area contributed by atoms with Crippen LogP contribution in [0.5, 0.6) is 0 Å². The molecule has 2 amide bonds. The SMILES string of the molecule is CCN(C/C=C/c1ccccc1)C(=O)C1CC(=O)N(c2nnc(C)s2)C1. The number of aromatic nitrogens is 2. The van der Waals surface area contributed by atoms with Gasteiger partial charge in [-0.25, -0.2) is 0 Å². The maximum atomic E-state index is 12.8. The Kier molecular flexibility index (Phi) is 5.78. The molecule has 1 aliphatic heterocycles. The van der Waals surface area contributed by atoms with Crippen molar-refractivity contribution in [1.29, 1.82) is 0 Å². The smallest absolute Gasteiger partial charge is 0.229 e. The molecule has 1 saturated heterocycles. The van der Waals surface area contributed by atoms with E-state index in [-0.39, 0.29) is 24.2 Å². The van der Waals surface area contributed by atoms with Crippen LogP contribution in [0.15, 0.2) is 36.4 Å². The Bertz CT molecular complexity index is 803. The van der Waals surface area contributed by atoms with E-state index in [2.05, 4.69) is 10.2 Å². The number of carbonyl (C=O) groups excluding carboxylic acids is 2. The van der Waals surface area contributed by atoms with E-state index in [1.165, 1.54) is 11.3 Å². The minimum atomic E-state index is -0.322. The fraction of sp³-hybridized carbons (Fsp3) is 0.368. The zero-order valence-electron chi connectivity index (χ0n) is 15.0. The van der Waals surface area contributed by atoms with E-state index in [1.807, 2.05) is 56.3 Å². The lowest BCUT2D eigenvalue weighted by Gasteiger charge is -2.22. The van der Waals surface area contributed by atoms with Gasteiger partial charge in [0, 0.05) is 26.1 Å². The molecular formula is C19H22N4O2S. The molecule has 2 heterocycles. The molecule has 0 spiro atoms. The quantitative estimate of drug-likeness (QED) is 0.784. The summed E-state index contributed by atoms with van der Waals surface area (Å²) in [5.41, 5.74) is 1.10. The van der Waals surface area contributed by atoms with Gasteiger partial charge in [0.1, 0.15) is 5.01 Å². The summed E-state index contributed by atoms with van der Waals surface area (Å²) in [7, 11) is 0. The van der Waals surface area contributed by atoms with Crippen LogP contribution in [-0.4, -0.2) is 46.5 Å². The van der Waals surface area contributed by atoms with Crippen molar-refractivity contribution in [2.45, 2.75) is 20.3 Å². The number of carbonyl (C=O) groups is 2. The number of hydrogen-bond donors (Lipinski definition) is 0. The third-order valence-electron chi connectivity index (χ3n) is 4.35. The van der Waals surface area contributed by atoms with Gasteiger partial charge < -0.3 is 4.90 Å². The Morgan fingerprint density at radius 2 is 2.12 bits per heavy atom. The van der Waals surface area contributed by atoms with Crippen molar-refractivity contribution in [3.63, 3.8) is 0 Å². The highest BCUT2D eigenvalue weighted by Gasteiger charge is 2.38. The molecule has 1 aromatic carbocycles. The zero-order chi connectivity index (χ0) is 18.5. The first kappa shape index (κ1) is 18.3. The molecule has 1 aliphatic rings. The first-order valence-corrected chi connectivity index (χ1v) is 9.51. The van der Waals surface area contributed by atoms with Crippen LogP contribution in [0.1, 0.15) is 23.9 Å². The number of hydrogen-bond acceptors (Lipinski definition) is 5. The summed E-state index contributed by atoms with van der Waals surface area (Å²) in [6.45, 7) is 5.33. The Labute approximate surface area is 157 Å². The second kappa shape index (κ2) is 8.23. The molecule has 26 heavy (non-hydrogen) atoms. The van der Waals surface area contributed by atoms with Crippen LogP contribution < -0.4 is 4.90 Å². The molecule has 0 saturated carbocycles.